The van der Waals surface area contributed by atoms with Gasteiger partial charge in [0.05, 0.1) is 29.9 Å². The van der Waals surface area contributed by atoms with Crippen molar-refractivity contribution in [2.45, 2.75) is 20.3 Å². The van der Waals surface area contributed by atoms with Gasteiger partial charge in [-0.3, -0.25) is 14.6 Å². The molecule has 0 spiro atoms. The van der Waals surface area contributed by atoms with Crippen LogP contribution >= 0.6 is 11.3 Å². The first-order valence-electron chi connectivity index (χ1n) is 10.2. The monoisotopic (exact) mass is 427 g/mol. The number of anilines is 1. The Balaban J connectivity index is 1.58. The highest BCUT2D eigenvalue weighted by Crippen LogP contribution is 2.30. The molecule has 0 saturated carbocycles. The molecule has 0 radical (unpaired) electrons. The zero-order chi connectivity index (χ0) is 21.1. The van der Waals surface area contributed by atoms with Gasteiger partial charge in [0.1, 0.15) is 5.82 Å². The number of morpholine rings is 1. The van der Waals surface area contributed by atoms with Gasteiger partial charge in [0, 0.05) is 26.2 Å². The van der Waals surface area contributed by atoms with E-state index in [0.717, 1.165) is 48.7 Å². The minimum absolute atomic E-state index is 0.00902. The second kappa shape index (κ2) is 9.20. The number of benzene rings is 2. The largest absolute Gasteiger partial charge is 0.379 e. The smallest absolute Gasteiger partial charge is 0.233 e. The number of thiazole rings is 1. The molecule has 1 fully saturated rings. The summed E-state index contributed by atoms with van der Waals surface area (Å²) in [4.78, 5) is 22.0. The van der Waals surface area contributed by atoms with Gasteiger partial charge in [-0.05, 0) is 43.2 Å². The van der Waals surface area contributed by atoms with Gasteiger partial charge in [-0.25, -0.2) is 9.37 Å². The average molecular weight is 428 g/mol. The molecule has 7 heteroatoms. The number of amides is 1. The van der Waals surface area contributed by atoms with E-state index in [-0.39, 0.29) is 11.7 Å². The van der Waals surface area contributed by atoms with Crippen molar-refractivity contribution in [1.29, 1.82) is 0 Å². The van der Waals surface area contributed by atoms with E-state index in [1.165, 1.54) is 29.0 Å². The second-order valence-corrected chi connectivity index (χ2v) is 8.72. The van der Waals surface area contributed by atoms with Gasteiger partial charge in [0.2, 0.25) is 5.91 Å². The van der Waals surface area contributed by atoms with Crippen LogP contribution in [0.4, 0.5) is 9.52 Å². The topological polar surface area (TPSA) is 45.7 Å². The number of fused-ring (bicyclic) bond motifs is 1. The van der Waals surface area contributed by atoms with Crippen LogP contribution in [0.3, 0.4) is 0 Å². The third kappa shape index (κ3) is 4.86. The fraction of sp³-hybridized carbons (Fsp3) is 0.391. The number of aryl methyl sites for hydroxylation is 2. The Bertz CT molecular complexity index is 1050. The van der Waals surface area contributed by atoms with Gasteiger partial charge in [0.25, 0.3) is 0 Å². The molecule has 3 aromatic rings. The molecule has 1 amide bonds. The highest BCUT2D eigenvalue weighted by molar-refractivity contribution is 7.22. The summed E-state index contributed by atoms with van der Waals surface area (Å²) in [6.45, 7) is 8.56. The maximum atomic E-state index is 13.6. The first kappa shape index (κ1) is 20.9. The van der Waals surface area contributed by atoms with Gasteiger partial charge in [-0.2, -0.15) is 0 Å². The second-order valence-electron chi connectivity index (χ2n) is 7.71. The normalized spacial score (nSPS) is 14.9. The summed E-state index contributed by atoms with van der Waals surface area (Å²) in [5, 5.41) is 0.624. The van der Waals surface area contributed by atoms with Crippen LogP contribution in [0.1, 0.15) is 16.7 Å². The van der Waals surface area contributed by atoms with E-state index < -0.39 is 0 Å². The Morgan fingerprint density at radius 1 is 1.20 bits per heavy atom. The third-order valence-electron chi connectivity index (χ3n) is 5.45. The Hall–Kier alpha value is -2.35. The molecule has 5 nitrogen and oxygen atoms in total. The number of ether oxygens (including phenoxy) is 1. The SMILES string of the molecule is Cc1ccc(CC(=O)N(CCN2CCOCC2)c2nc3ccc(F)cc3s2)c(C)c1. The van der Waals surface area contributed by atoms with Crippen LogP contribution < -0.4 is 4.90 Å². The molecule has 30 heavy (non-hydrogen) atoms. The first-order chi connectivity index (χ1) is 14.5. The van der Waals surface area contributed by atoms with Crippen LogP contribution in [0.15, 0.2) is 36.4 Å². The van der Waals surface area contributed by atoms with Gasteiger partial charge in [0.15, 0.2) is 5.13 Å². The van der Waals surface area contributed by atoms with Crippen molar-refractivity contribution in [3.05, 3.63) is 58.9 Å². The molecule has 2 heterocycles. The molecule has 1 aliphatic heterocycles. The molecule has 0 N–H and O–H groups in total. The Morgan fingerprint density at radius 3 is 2.77 bits per heavy atom. The predicted molar refractivity (Wildman–Crippen MR) is 119 cm³/mol. The van der Waals surface area contributed by atoms with Crippen molar-refractivity contribution >= 4 is 32.6 Å². The van der Waals surface area contributed by atoms with Crippen LogP contribution in [0.2, 0.25) is 0 Å². The molecule has 1 aliphatic rings. The average Bonchev–Trinajstić information content (AvgIpc) is 3.13. The highest BCUT2D eigenvalue weighted by Gasteiger charge is 2.22. The molecular formula is C23H26FN3O2S. The number of halogens is 1. The lowest BCUT2D eigenvalue weighted by molar-refractivity contribution is -0.118. The third-order valence-corrected chi connectivity index (χ3v) is 6.50. The minimum Gasteiger partial charge on any atom is -0.379 e. The number of nitrogens with zero attached hydrogens (tertiary/aromatic N) is 3. The van der Waals surface area contributed by atoms with E-state index in [1.54, 1.807) is 11.0 Å². The number of hydrogen-bond acceptors (Lipinski definition) is 5. The van der Waals surface area contributed by atoms with Gasteiger partial charge < -0.3 is 4.74 Å². The summed E-state index contributed by atoms with van der Waals surface area (Å²) < 4.78 is 19.8. The van der Waals surface area contributed by atoms with E-state index in [9.17, 15) is 9.18 Å². The predicted octanol–water partition coefficient (Wildman–Crippen LogP) is 3.96. The van der Waals surface area contributed by atoms with Crippen LogP contribution in [-0.4, -0.2) is 55.2 Å². The van der Waals surface area contributed by atoms with Gasteiger partial charge in [-0.1, -0.05) is 35.1 Å². The Morgan fingerprint density at radius 2 is 2.00 bits per heavy atom. The van der Waals surface area contributed by atoms with E-state index in [4.69, 9.17) is 4.74 Å². The number of carbonyl (C=O) groups excluding carboxylic acids is 1. The minimum atomic E-state index is -0.292. The van der Waals surface area contributed by atoms with Gasteiger partial charge in [-0.15, -0.1) is 0 Å². The van der Waals surface area contributed by atoms with E-state index in [1.807, 2.05) is 26.0 Å². The van der Waals surface area contributed by atoms with E-state index in [2.05, 4.69) is 16.0 Å². The molecular weight excluding hydrogens is 401 g/mol. The summed E-state index contributed by atoms with van der Waals surface area (Å²) in [6.07, 6.45) is 0.319. The van der Waals surface area contributed by atoms with E-state index in [0.29, 0.717) is 23.6 Å². The van der Waals surface area contributed by atoms with Crippen molar-refractivity contribution in [2.75, 3.05) is 44.3 Å². The Labute approximate surface area is 180 Å². The zero-order valence-corrected chi connectivity index (χ0v) is 18.2. The summed E-state index contributed by atoms with van der Waals surface area (Å²) in [7, 11) is 0. The lowest BCUT2D eigenvalue weighted by Gasteiger charge is -2.29. The Kier molecular flexibility index (Phi) is 6.41. The molecule has 0 bridgehead atoms. The molecule has 2 aromatic carbocycles. The molecule has 158 valence electrons. The molecule has 1 saturated heterocycles. The maximum absolute atomic E-state index is 13.6. The van der Waals surface area contributed by atoms with Crippen molar-refractivity contribution in [2.24, 2.45) is 0 Å². The summed E-state index contributed by atoms with van der Waals surface area (Å²) in [5.41, 5.74) is 4.03. The fourth-order valence-electron chi connectivity index (χ4n) is 3.70. The summed E-state index contributed by atoms with van der Waals surface area (Å²) in [6, 6.07) is 10.7. The number of hydrogen-bond donors (Lipinski definition) is 0. The molecule has 1 aromatic heterocycles. The summed E-state index contributed by atoms with van der Waals surface area (Å²) in [5.74, 6) is -0.283. The summed E-state index contributed by atoms with van der Waals surface area (Å²) >= 11 is 1.36. The lowest BCUT2D eigenvalue weighted by atomic mass is 10.0. The van der Waals surface area contributed by atoms with Crippen LogP contribution in [0.25, 0.3) is 10.2 Å². The fourth-order valence-corrected chi connectivity index (χ4v) is 4.73. The highest BCUT2D eigenvalue weighted by atomic mass is 32.1. The zero-order valence-electron chi connectivity index (χ0n) is 17.4. The molecule has 0 unspecified atom stereocenters. The number of carbonyl (C=O) groups is 1. The van der Waals surface area contributed by atoms with Crippen molar-refractivity contribution in [1.82, 2.24) is 9.88 Å². The molecule has 4 rings (SSSR count). The lowest BCUT2D eigenvalue weighted by Crippen LogP contribution is -2.43. The van der Waals surface area contributed by atoms with Crippen LogP contribution in [0, 0.1) is 19.7 Å². The van der Waals surface area contributed by atoms with Crippen LogP contribution in [-0.2, 0) is 16.0 Å². The van der Waals surface area contributed by atoms with Crippen molar-refractivity contribution < 1.29 is 13.9 Å². The van der Waals surface area contributed by atoms with Crippen molar-refractivity contribution in [3.8, 4) is 0 Å². The molecule has 0 aliphatic carbocycles. The first-order valence-corrected chi connectivity index (χ1v) is 11.0. The number of rotatable bonds is 6. The van der Waals surface area contributed by atoms with Crippen LogP contribution in [0.5, 0.6) is 0 Å². The molecule has 0 atom stereocenters. The maximum Gasteiger partial charge on any atom is 0.233 e. The number of aromatic nitrogens is 1. The quantitative estimate of drug-likeness (QED) is 0.597. The standard InChI is InChI=1S/C23H26FN3O2S/c1-16-3-4-18(17(2)13-16)14-22(28)27(8-7-26-9-11-29-12-10-26)23-25-20-6-5-19(24)15-21(20)30-23/h3-6,13,15H,7-12,14H2,1-2H3. The van der Waals surface area contributed by atoms with E-state index >= 15 is 0 Å². The van der Waals surface area contributed by atoms with Crippen molar-refractivity contribution in [3.63, 3.8) is 0 Å². The van der Waals surface area contributed by atoms with Gasteiger partial charge >= 0.3 is 0 Å².